The Bertz CT molecular complexity index is 556. The lowest BCUT2D eigenvalue weighted by atomic mass is 10.1. The molecular weight excluding hydrogens is 240 g/mol. The number of hydrogen-bond donors (Lipinski definition) is 3. The van der Waals surface area contributed by atoms with E-state index in [4.69, 9.17) is 0 Å². The molecule has 0 unspecified atom stereocenters. The van der Waals surface area contributed by atoms with E-state index in [-0.39, 0.29) is 11.5 Å². The Balaban J connectivity index is 1.94. The standard InChI is InChI=1S/C15H18N2O2/c1-2-12-4-3-7-17-13(12)10-16-9-11-5-6-14(18)15(19)8-11/h3-8,16,18-19H,2,9-10H2,1H3. The van der Waals surface area contributed by atoms with E-state index in [0.717, 1.165) is 17.7 Å². The average molecular weight is 258 g/mol. The van der Waals surface area contributed by atoms with E-state index in [0.29, 0.717) is 13.1 Å². The molecule has 4 nitrogen and oxygen atoms in total. The zero-order valence-electron chi connectivity index (χ0n) is 10.9. The first-order chi connectivity index (χ1) is 9.20. The predicted octanol–water partition coefficient (Wildman–Crippen LogP) is 2.35. The van der Waals surface area contributed by atoms with Gasteiger partial charge in [0.25, 0.3) is 0 Å². The minimum Gasteiger partial charge on any atom is -0.504 e. The van der Waals surface area contributed by atoms with Crippen molar-refractivity contribution in [3.05, 3.63) is 53.3 Å². The molecular formula is C15H18N2O2. The Hall–Kier alpha value is -2.07. The van der Waals surface area contributed by atoms with Crippen molar-refractivity contribution in [2.45, 2.75) is 26.4 Å². The highest BCUT2D eigenvalue weighted by atomic mass is 16.3. The van der Waals surface area contributed by atoms with Crippen LogP contribution >= 0.6 is 0 Å². The van der Waals surface area contributed by atoms with Gasteiger partial charge in [-0.05, 0) is 35.7 Å². The van der Waals surface area contributed by atoms with Crippen molar-refractivity contribution in [1.29, 1.82) is 0 Å². The highest BCUT2D eigenvalue weighted by molar-refractivity contribution is 5.40. The number of aromatic hydroxyl groups is 2. The number of phenols is 2. The molecule has 1 heterocycles. The van der Waals surface area contributed by atoms with E-state index in [2.05, 4.69) is 23.3 Å². The quantitative estimate of drug-likeness (QED) is 0.720. The average Bonchev–Trinajstić information content (AvgIpc) is 2.43. The Morgan fingerprint density at radius 3 is 2.68 bits per heavy atom. The van der Waals surface area contributed by atoms with Crippen LogP contribution in [0.4, 0.5) is 0 Å². The van der Waals surface area contributed by atoms with Crippen LogP contribution in [0.15, 0.2) is 36.5 Å². The molecule has 0 saturated heterocycles. The molecule has 0 amide bonds. The lowest BCUT2D eigenvalue weighted by Gasteiger charge is -2.08. The molecule has 0 aliphatic carbocycles. The van der Waals surface area contributed by atoms with Crippen molar-refractivity contribution in [2.75, 3.05) is 0 Å². The number of pyridine rings is 1. The number of benzene rings is 1. The Morgan fingerprint density at radius 2 is 1.95 bits per heavy atom. The fourth-order valence-electron chi connectivity index (χ4n) is 1.96. The molecule has 0 aliphatic rings. The number of nitrogens with one attached hydrogen (secondary N) is 1. The molecule has 0 saturated carbocycles. The third-order valence-corrected chi connectivity index (χ3v) is 3.03. The maximum Gasteiger partial charge on any atom is 0.157 e. The molecule has 0 bridgehead atoms. The van der Waals surface area contributed by atoms with Gasteiger partial charge in [-0.2, -0.15) is 0 Å². The summed E-state index contributed by atoms with van der Waals surface area (Å²) in [7, 11) is 0. The van der Waals surface area contributed by atoms with Crippen molar-refractivity contribution in [3.63, 3.8) is 0 Å². The minimum absolute atomic E-state index is 0.0913. The summed E-state index contributed by atoms with van der Waals surface area (Å²) in [6, 6.07) is 8.85. The summed E-state index contributed by atoms with van der Waals surface area (Å²) >= 11 is 0. The lowest BCUT2D eigenvalue weighted by molar-refractivity contribution is 0.403. The van der Waals surface area contributed by atoms with Crippen molar-refractivity contribution >= 4 is 0 Å². The van der Waals surface area contributed by atoms with Crippen LogP contribution in [0.5, 0.6) is 11.5 Å². The van der Waals surface area contributed by atoms with Crippen LogP contribution < -0.4 is 5.32 Å². The molecule has 19 heavy (non-hydrogen) atoms. The molecule has 4 heteroatoms. The van der Waals surface area contributed by atoms with E-state index in [9.17, 15) is 10.2 Å². The minimum atomic E-state index is -0.0956. The highest BCUT2D eigenvalue weighted by Crippen LogP contribution is 2.24. The summed E-state index contributed by atoms with van der Waals surface area (Å²) in [5, 5.41) is 21.9. The van der Waals surface area contributed by atoms with Gasteiger partial charge < -0.3 is 15.5 Å². The fourth-order valence-corrected chi connectivity index (χ4v) is 1.96. The van der Waals surface area contributed by atoms with E-state index in [1.165, 1.54) is 11.6 Å². The number of hydrogen-bond acceptors (Lipinski definition) is 4. The summed E-state index contributed by atoms with van der Waals surface area (Å²) < 4.78 is 0. The lowest BCUT2D eigenvalue weighted by Crippen LogP contribution is -2.15. The van der Waals surface area contributed by atoms with Crippen LogP contribution in [0.1, 0.15) is 23.7 Å². The molecule has 3 N–H and O–H groups in total. The summed E-state index contributed by atoms with van der Waals surface area (Å²) in [5.74, 6) is -0.187. The second-order valence-electron chi connectivity index (χ2n) is 4.39. The maximum atomic E-state index is 9.41. The van der Waals surface area contributed by atoms with E-state index >= 15 is 0 Å². The summed E-state index contributed by atoms with van der Waals surface area (Å²) in [4.78, 5) is 4.36. The third-order valence-electron chi connectivity index (χ3n) is 3.03. The molecule has 0 atom stereocenters. The molecule has 0 spiro atoms. The monoisotopic (exact) mass is 258 g/mol. The smallest absolute Gasteiger partial charge is 0.157 e. The van der Waals surface area contributed by atoms with Crippen LogP contribution in [0.25, 0.3) is 0 Å². The number of rotatable bonds is 5. The molecule has 0 aliphatic heterocycles. The van der Waals surface area contributed by atoms with Gasteiger partial charge in [-0.3, -0.25) is 4.98 Å². The summed E-state index contributed by atoms with van der Waals surface area (Å²) in [5.41, 5.74) is 3.21. The van der Waals surface area contributed by atoms with Gasteiger partial charge in [0.15, 0.2) is 11.5 Å². The van der Waals surface area contributed by atoms with Gasteiger partial charge in [-0.1, -0.05) is 19.1 Å². The van der Waals surface area contributed by atoms with Crippen molar-refractivity contribution in [3.8, 4) is 11.5 Å². The molecule has 1 aromatic heterocycles. The van der Waals surface area contributed by atoms with Crippen molar-refractivity contribution in [1.82, 2.24) is 10.3 Å². The molecule has 0 radical (unpaired) electrons. The van der Waals surface area contributed by atoms with Crippen LogP contribution in [-0.2, 0) is 19.5 Å². The number of nitrogens with zero attached hydrogens (tertiary/aromatic N) is 1. The Morgan fingerprint density at radius 1 is 1.11 bits per heavy atom. The third kappa shape index (κ3) is 3.45. The van der Waals surface area contributed by atoms with Crippen LogP contribution in [0.3, 0.4) is 0 Å². The van der Waals surface area contributed by atoms with Crippen molar-refractivity contribution in [2.24, 2.45) is 0 Å². The molecule has 2 rings (SSSR count). The topological polar surface area (TPSA) is 65.4 Å². The number of aryl methyl sites for hydroxylation is 1. The zero-order chi connectivity index (χ0) is 13.7. The van der Waals surface area contributed by atoms with Gasteiger partial charge in [0.05, 0.1) is 5.69 Å². The molecule has 1 aromatic carbocycles. The van der Waals surface area contributed by atoms with Crippen LogP contribution in [0, 0.1) is 0 Å². The second-order valence-corrected chi connectivity index (χ2v) is 4.39. The van der Waals surface area contributed by atoms with E-state index < -0.39 is 0 Å². The molecule has 0 fully saturated rings. The van der Waals surface area contributed by atoms with Gasteiger partial charge in [0.1, 0.15) is 0 Å². The number of phenolic OH excluding ortho intramolecular Hbond substituents is 2. The first kappa shape index (κ1) is 13.4. The Labute approximate surface area is 112 Å². The normalized spacial score (nSPS) is 10.6. The summed E-state index contributed by atoms with van der Waals surface area (Å²) in [6.07, 6.45) is 2.76. The maximum absolute atomic E-state index is 9.41. The van der Waals surface area contributed by atoms with Gasteiger partial charge in [0.2, 0.25) is 0 Å². The van der Waals surface area contributed by atoms with Gasteiger partial charge in [0, 0.05) is 19.3 Å². The first-order valence-electron chi connectivity index (χ1n) is 6.35. The number of aromatic nitrogens is 1. The largest absolute Gasteiger partial charge is 0.504 e. The van der Waals surface area contributed by atoms with Gasteiger partial charge >= 0.3 is 0 Å². The fraction of sp³-hybridized carbons (Fsp3) is 0.267. The van der Waals surface area contributed by atoms with Gasteiger partial charge in [-0.15, -0.1) is 0 Å². The SMILES string of the molecule is CCc1cccnc1CNCc1ccc(O)c(O)c1. The predicted molar refractivity (Wildman–Crippen MR) is 73.9 cm³/mol. The molecule has 2 aromatic rings. The van der Waals surface area contributed by atoms with Crippen LogP contribution in [-0.4, -0.2) is 15.2 Å². The Kier molecular flexibility index (Phi) is 4.36. The zero-order valence-corrected chi connectivity index (χ0v) is 10.9. The van der Waals surface area contributed by atoms with Crippen LogP contribution in [0.2, 0.25) is 0 Å². The van der Waals surface area contributed by atoms with Crippen molar-refractivity contribution < 1.29 is 10.2 Å². The summed E-state index contributed by atoms with van der Waals surface area (Å²) in [6.45, 7) is 3.41. The van der Waals surface area contributed by atoms with E-state index in [1.54, 1.807) is 18.3 Å². The highest BCUT2D eigenvalue weighted by Gasteiger charge is 2.03. The second kappa shape index (κ2) is 6.20. The molecule has 100 valence electrons. The van der Waals surface area contributed by atoms with E-state index in [1.807, 2.05) is 6.07 Å². The van der Waals surface area contributed by atoms with Gasteiger partial charge in [-0.25, -0.2) is 0 Å². The first-order valence-corrected chi connectivity index (χ1v) is 6.35.